The smallest absolute Gasteiger partial charge is 1.00 e. The van der Waals surface area contributed by atoms with Crippen LogP contribution in [0.15, 0.2) is 118 Å². The van der Waals surface area contributed by atoms with Gasteiger partial charge in [0, 0.05) is 0 Å². The number of hydrogen-bond donors (Lipinski definition) is 0. The van der Waals surface area contributed by atoms with Gasteiger partial charge in [-0.1, -0.05) is 65.5 Å². The van der Waals surface area contributed by atoms with Crippen LogP contribution in [-0.2, 0) is 52.4 Å². The Morgan fingerprint density at radius 1 is 0.525 bits per heavy atom. The number of halogens is 2. The molecule has 40 heavy (non-hydrogen) atoms. The van der Waals surface area contributed by atoms with Gasteiger partial charge in [0.1, 0.15) is 0 Å². The van der Waals surface area contributed by atoms with Crippen molar-refractivity contribution in [2.75, 3.05) is 0 Å². The molecular formula is C36H40Cl2Zr2-2. The zero-order valence-electron chi connectivity index (χ0n) is 25.0. The molecule has 0 spiro atoms. The fraction of sp³-hybridized carbons (Fsp3) is 0.278. The summed E-state index contributed by atoms with van der Waals surface area (Å²) in [5.74, 6) is 1.12. The van der Waals surface area contributed by atoms with Crippen LogP contribution in [0.4, 0.5) is 0 Å². The SMILES string of the molecule is CC1=[C-]C(C)C(C)=C1C.CC1=[C-]C(C)C(C)=C1C.[Cl-].[Cl-].[Zr+2].[Zr+2].c1ccc2[cH-]ccc2c1.c1ccc2[cH-]ccc2c1. The monoisotopic (exact) mass is 722 g/mol. The van der Waals surface area contributed by atoms with Crippen molar-refractivity contribution >= 4 is 21.5 Å². The van der Waals surface area contributed by atoms with Crippen molar-refractivity contribution in [3.8, 4) is 0 Å². The first-order valence-corrected chi connectivity index (χ1v) is 13.0. The summed E-state index contributed by atoms with van der Waals surface area (Å²) in [6, 6.07) is 29.3. The summed E-state index contributed by atoms with van der Waals surface area (Å²) in [7, 11) is 0. The van der Waals surface area contributed by atoms with E-state index in [-0.39, 0.29) is 77.2 Å². The third-order valence-electron chi connectivity index (χ3n) is 7.57. The summed E-state index contributed by atoms with van der Waals surface area (Å²) in [6.45, 7) is 17.3. The number of rotatable bonds is 0. The molecule has 0 saturated carbocycles. The molecule has 0 heterocycles. The Balaban J connectivity index is 0. The average molecular weight is 726 g/mol. The molecule has 208 valence electrons. The Kier molecular flexibility index (Phi) is 20.5. The predicted molar refractivity (Wildman–Crippen MR) is 159 cm³/mol. The second-order valence-electron chi connectivity index (χ2n) is 9.91. The molecule has 0 radical (unpaired) electrons. The van der Waals surface area contributed by atoms with Crippen LogP contribution in [0.3, 0.4) is 0 Å². The van der Waals surface area contributed by atoms with Crippen LogP contribution in [0.5, 0.6) is 0 Å². The summed E-state index contributed by atoms with van der Waals surface area (Å²) in [6.07, 6.45) is 6.72. The van der Waals surface area contributed by atoms with Crippen LogP contribution in [0.25, 0.3) is 21.5 Å². The van der Waals surface area contributed by atoms with E-state index in [4.69, 9.17) is 0 Å². The second kappa shape index (κ2) is 20.0. The van der Waals surface area contributed by atoms with E-state index in [1.165, 1.54) is 55.0 Å². The van der Waals surface area contributed by atoms with Gasteiger partial charge in [0.2, 0.25) is 0 Å². The zero-order valence-corrected chi connectivity index (χ0v) is 31.4. The number of allylic oxidation sites excluding steroid dienone is 8. The molecule has 4 heteroatoms. The Hall–Kier alpha value is -1.03. The molecule has 0 aromatic heterocycles. The van der Waals surface area contributed by atoms with Crippen LogP contribution in [-0.4, -0.2) is 0 Å². The van der Waals surface area contributed by atoms with E-state index < -0.39 is 0 Å². The molecule has 0 N–H and O–H groups in total. The van der Waals surface area contributed by atoms with E-state index in [0.717, 1.165) is 0 Å². The first-order chi connectivity index (χ1) is 17.2. The first kappa shape index (κ1) is 41.1. The summed E-state index contributed by atoms with van der Waals surface area (Å²) in [5.41, 5.74) is 8.49. The van der Waals surface area contributed by atoms with Gasteiger partial charge in [0.15, 0.2) is 0 Å². The van der Waals surface area contributed by atoms with Gasteiger partial charge in [-0.25, -0.2) is 11.1 Å². The van der Waals surface area contributed by atoms with Crippen molar-refractivity contribution in [3.05, 3.63) is 131 Å². The minimum atomic E-state index is 0. The summed E-state index contributed by atoms with van der Waals surface area (Å²) >= 11 is 0. The Labute approximate surface area is 293 Å². The fourth-order valence-corrected chi connectivity index (χ4v) is 4.46. The number of hydrogen-bond acceptors (Lipinski definition) is 0. The molecular weight excluding hydrogens is 686 g/mol. The predicted octanol–water partition coefficient (Wildman–Crippen LogP) is 4.56. The Morgan fingerprint density at radius 3 is 1.07 bits per heavy atom. The summed E-state index contributed by atoms with van der Waals surface area (Å²) in [5, 5.41) is 5.32. The van der Waals surface area contributed by atoms with Crippen LogP contribution in [0.1, 0.15) is 55.4 Å². The van der Waals surface area contributed by atoms with E-state index in [1.807, 2.05) is 0 Å². The van der Waals surface area contributed by atoms with E-state index in [2.05, 4.69) is 152 Å². The first-order valence-electron chi connectivity index (χ1n) is 13.0. The van der Waals surface area contributed by atoms with Crippen molar-refractivity contribution in [1.82, 2.24) is 0 Å². The molecule has 0 amide bonds. The van der Waals surface area contributed by atoms with Crippen LogP contribution in [0.2, 0.25) is 0 Å². The third-order valence-corrected chi connectivity index (χ3v) is 7.57. The molecule has 0 saturated heterocycles. The van der Waals surface area contributed by atoms with E-state index in [1.54, 1.807) is 0 Å². The largest absolute Gasteiger partial charge is 2.00 e. The molecule has 2 aliphatic rings. The molecule has 0 bridgehead atoms. The van der Waals surface area contributed by atoms with Crippen molar-refractivity contribution in [2.45, 2.75) is 55.4 Å². The van der Waals surface area contributed by atoms with Gasteiger partial charge in [-0.05, 0) is 0 Å². The van der Waals surface area contributed by atoms with Crippen molar-refractivity contribution in [1.29, 1.82) is 0 Å². The fourth-order valence-electron chi connectivity index (χ4n) is 4.46. The molecule has 4 aromatic carbocycles. The number of benzene rings is 2. The van der Waals surface area contributed by atoms with Crippen LogP contribution >= 0.6 is 0 Å². The van der Waals surface area contributed by atoms with Gasteiger partial charge in [0.05, 0.1) is 0 Å². The maximum Gasteiger partial charge on any atom is 2.00 e. The van der Waals surface area contributed by atoms with E-state index in [0.29, 0.717) is 11.8 Å². The molecule has 2 aliphatic carbocycles. The molecule has 6 rings (SSSR count). The minimum Gasteiger partial charge on any atom is -1.00 e. The van der Waals surface area contributed by atoms with Gasteiger partial charge >= 0.3 is 52.4 Å². The Bertz CT molecular complexity index is 1260. The van der Waals surface area contributed by atoms with E-state index in [9.17, 15) is 0 Å². The van der Waals surface area contributed by atoms with Crippen molar-refractivity contribution in [2.24, 2.45) is 11.8 Å². The van der Waals surface area contributed by atoms with Gasteiger partial charge in [0.25, 0.3) is 0 Å². The summed E-state index contributed by atoms with van der Waals surface area (Å²) in [4.78, 5) is 0. The molecule has 2 atom stereocenters. The van der Waals surface area contributed by atoms with Crippen molar-refractivity contribution < 1.29 is 77.2 Å². The molecule has 4 aromatic rings. The maximum absolute atomic E-state index is 3.36. The van der Waals surface area contributed by atoms with Crippen LogP contribution in [0, 0.1) is 24.0 Å². The van der Waals surface area contributed by atoms with Gasteiger partial charge in [-0.3, -0.25) is 12.2 Å². The normalized spacial score (nSPS) is 16.8. The Morgan fingerprint density at radius 2 is 0.850 bits per heavy atom. The summed E-state index contributed by atoms with van der Waals surface area (Å²) < 4.78 is 0. The van der Waals surface area contributed by atoms with E-state index >= 15 is 0 Å². The quantitative estimate of drug-likeness (QED) is 0.234. The standard InChI is InChI=1S/2C9H7.2C9H13.2ClH.2Zr/c2*1-2-5-9-7-3-6-8(9)4-1;2*1-6-5-7(2)9(4)8(6)3;;;;/h2*1-7H;2*6H,1-4H3;2*1H;;/q4*-1;;;2*+2/p-2. The van der Waals surface area contributed by atoms with Gasteiger partial charge in [-0.15, -0.1) is 73.2 Å². The zero-order chi connectivity index (χ0) is 26.2. The average Bonchev–Trinajstić information content (AvgIpc) is 3.64. The molecule has 2 unspecified atom stereocenters. The second-order valence-corrected chi connectivity index (χ2v) is 9.91. The van der Waals surface area contributed by atoms with Gasteiger partial charge < -0.3 is 24.8 Å². The molecule has 0 fully saturated rings. The van der Waals surface area contributed by atoms with Crippen molar-refractivity contribution in [3.63, 3.8) is 0 Å². The number of fused-ring (bicyclic) bond motifs is 2. The third kappa shape index (κ3) is 11.3. The van der Waals surface area contributed by atoms with Crippen LogP contribution < -0.4 is 24.8 Å². The molecule has 0 nitrogen and oxygen atoms in total. The minimum absolute atomic E-state index is 0. The topological polar surface area (TPSA) is 0 Å². The molecule has 0 aliphatic heterocycles. The maximum atomic E-state index is 3.36. The van der Waals surface area contributed by atoms with Gasteiger partial charge in [-0.2, -0.15) is 57.3 Å².